The highest BCUT2D eigenvalue weighted by Crippen LogP contribution is 2.13. The van der Waals surface area contributed by atoms with Gasteiger partial charge in [0.05, 0.1) is 0 Å². The fourth-order valence-electron chi connectivity index (χ4n) is 1.08. The number of pyridine rings is 1. The smallest absolute Gasteiger partial charge is 0.127 e. The van der Waals surface area contributed by atoms with E-state index in [1.54, 1.807) is 0 Å². The number of rotatable bonds is 3. The largest absolute Gasteiger partial charge is 0.363 e. The monoisotopic (exact) mass is 179 g/mol. The predicted octanol–water partition coefficient (Wildman–Crippen LogP) is 1.43. The van der Waals surface area contributed by atoms with E-state index in [9.17, 15) is 0 Å². The molecule has 1 aromatic rings. The zero-order valence-corrected chi connectivity index (χ0v) is 8.70. The van der Waals surface area contributed by atoms with Gasteiger partial charge in [0.15, 0.2) is 0 Å². The van der Waals surface area contributed by atoms with E-state index in [0.29, 0.717) is 6.04 Å². The standard InChI is InChI=1S/C10H17N3/c1-8(11-2)9-5-6-10(12-7-9)13(3)4/h5-8,11H,1-4H3. The lowest BCUT2D eigenvalue weighted by molar-refractivity contribution is 0.649. The summed E-state index contributed by atoms with van der Waals surface area (Å²) in [5.74, 6) is 0.993. The van der Waals surface area contributed by atoms with E-state index in [-0.39, 0.29) is 0 Å². The molecule has 1 N–H and O–H groups in total. The zero-order valence-electron chi connectivity index (χ0n) is 8.70. The summed E-state index contributed by atoms with van der Waals surface area (Å²) in [6, 6.07) is 4.50. The van der Waals surface area contributed by atoms with E-state index in [1.165, 1.54) is 5.56 Å². The van der Waals surface area contributed by atoms with Crippen LogP contribution >= 0.6 is 0 Å². The molecular formula is C10H17N3. The van der Waals surface area contributed by atoms with E-state index in [4.69, 9.17) is 0 Å². The van der Waals surface area contributed by atoms with Gasteiger partial charge in [-0.15, -0.1) is 0 Å². The van der Waals surface area contributed by atoms with Crippen LogP contribution < -0.4 is 10.2 Å². The normalized spacial score (nSPS) is 12.6. The molecule has 13 heavy (non-hydrogen) atoms. The molecule has 0 aliphatic rings. The molecule has 72 valence electrons. The van der Waals surface area contributed by atoms with Crippen molar-refractivity contribution in [2.45, 2.75) is 13.0 Å². The predicted molar refractivity (Wildman–Crippen MR) is 56.0 cm³/mol. The van der Waals surface area contributed by atoms with Gasteiger partial charge in [-0.05, 0) is 25.6 Å². The summed E-state index contributed by atoms with van der Waals surface area (Å²) in [6.07, 6.45) is 1.91. The van der Waals surface area contributed by atoms with Crippen LogP contribution in [0.5, 0.6) is 0 Å². The Morgan fingerprint density at radius 2 is 2.08 bits per heavy atom. The maximum Gasteiger partial charge on any atom is 0.127 e. The number of aromatic nitrogens is 1. The van der Waals surface area contributed by atoms with Crippen LogP contribution in [0.2, 0.25) is 0 Å². The Bertz CT molecular complexity index is 253. The fourth-order valence-corrected chi connectivity index (χ4v) is 1.08. The molecule has 0 fully saturated rings. The van der Waals surface area contributed by atoms with Crippen molar-refractivity contribution in [3.05, 3.63) is 23.9 Å². The Morgan fingerprint density at radius 3 is 2.46 bits per heavy atom. The van der Waals surface area contributed by atoms with Gasteiger partial charge in [-0.3, -0.25) is 0 Å². The lowest BCUT2D eigenvalue weighted by Gasteiger charge is -2.13. The first-order chi connectivity index (χ1) is 6.15. The molecule has 1 aromatic heterocycles. The molecule has 0 bridgehead atoms. The summed E-state index contributed by atoms with van der Waals surface area (Å²) < 4.78 is 0. The summed E-state index contributed by atoms with van der Waals surface area (Å²) in [4.78, 5) is 6.33. The summed E-state index contributed by atoms with van der Waals surface area (Å²) in [5.41, 5.74) is 1.22. The zero-order chi connectivity index (χ0) is 9.84. The second kappa shape index (κ2) is 4.23. The quantitative estimate of drug-likeness (QED) is 0.760. The summed E-state index contributed by atoms with van der Waals surface area (Å²) >= 11 is 0. The molecule has 0 aromatic carbocycles. The summed E-state index contributed by atoms with van der Waals surface area (Å²) in [6.45, 7) is 2.12. The van der Waals surface area contributed by atoms with Crippen molar-refractivity contribution < 1.29 is 0 Å². The third-order valence-electron chi connectivity index (χ3n) is 2.16. The molecule has 1 heterocycles. The first-order valence-electron chi connectivity index (χ1n) is 4.45. The highest BCUT2D eigenvalue weighted by atomic mass is 15.1. The second-order valence-corrected chi connectivity index (χ2v) is 3.35. The maximum atomic E-state index is 4.33. The average Bonchev–Trinajstić information content (AvgIpc) is 2.17. The van der Waals surface area contributed by atoms with E-state index < -0.39 is 0 Å². The minimum Gasteiger partial charge on any atom is -0.363 e. The Kier molecular flexibility index (Phi) is 3.25. The molecule has 1 unspecified atom stereocenters. The molecule has 0 saturated carbocycles. The van der Waals surface area contributed by atoms with Gasteiger partial charge in [-0.25, -0.2) is 4.98 Å². The summed E-state index contributed by atoms with van der Waals surface area (Å²) in [5, 5.41) is 3.18. The molecule has 1 atom stereocenters. The minimum atomic E-state index is 0.365. The van der Waals surface area contributed by atoms with Crippen molar-refractivity contribution in [1.82, 2.24) is 10.3 Å². The average molecular weight is 179 g/mol. The molecule has 3 nitrogen and oxygen atoms in total. The molecule has 3 heteroatoms. The highest BCUT2D eigenvalue weighted by molar-refractivity contribution is 5.37. The SMILES string of the molecule is CNC(C)c1ccc(N(C)C)nc1. The maximum absolute atomic E-state index is 4.33. The number of hydrogen-bond acceptors (Lipinski definition) is 3. The van der Waals surface area contributed by atoms with Gasteiger partial charge < -0.3 is 10.2 Å². The van der Waals surface area contributed by atoms with Gasteiger partial charge in [-0.1, -0.05) is 6.07 Å². The van der Waals surface area contributed by atoms with Gasteiger partial charge in [-0.2, -0.15) is 0 Å². The van der Waals surface area contributed by atoms with Gasteiger partial charge in [0.25, 0.3) is 0 Å². The Labute approximate surface area is 79.8 Å². The molecule has 0 aliphatic heterocycles. The van der Waals surface area contributed by atoms with Crippen LogP contribution in [0.15, 0.2) is 18.3 Å². The fraction of sp³-hybridized carbons (Fsp3) is 0.500. The molecular weight excluding hydrogens is 162 g/mol. The van der Waals surface area contributed by atoms with Crippen molar-refractivity contribution in [3.8, 4) is 0 Å². The number of nitrogens with one attached hydrogen (secondary N) is 1. The number of nitrogens with zero attached hydrogens (tertiary/aromatic N) is 2. The van der Waals surface area contributed by atoms with Crippen molar-refractivity contribution in [2.75, 3.05) is 26.0 Å². The third kappa shape index (κ3) is 2.42. The van der Waals surface area contributed by atoms with Gasteiger partial charge in [0.2, 0.25) is 0 Å². The molecule has 0 amide bonds. The van der Waals surface area contributed by atoms with Crippen molar-refractivity contribution in [2.24, 2.45) is 0 Å². The van der Waals surface area contributed by atoms with Crippen LogP contribution in [0.3, 0.4) is 0 Å². The highest BCUT2D eigenvalue weighted by Gasteiger charge is 2.02. The molecule has 0 saturated heterocycles. The minimum absolute atomic E-state index is 0.365. The third-order valence-corrected chi connectivity index (χ3v) is 2.16. The van der Waals surface area contributed by atoms with E-state index in [2.05, 4.69) is 23.3 Å². The Hall–Kier alpha value is -1.09. The van der Waals surface area contributed by atoms with Crippen LogP contribution in [-0.4, -0.2) is 26.1 Å². The van der Waals surface area contributed by atoms with Crippen molar-refractivity contribution in [3.63, 3.8) is 0 Å². The van der Waals surface area contributed by atoms with Gasteiger partial charge in [0, 0.05) is 26.3 Å². The number of hydrogen-bond donors (Lipinski definition) is 1. The molecule has 0 radical (unpaired) electrons. The Balaban J connectivity index is 2.81. The van der Waals surface area contributed by atoms with Crippen LogP contribution in [0.25, 0.3) is 0 Å². The molecule has 0 spiro atoms. The van der Waals surface area contributed by atoms with Crippen LogP contribution in [0, 0.1) is 0 Å². The lowest BCUT2D eigenvalue weighted by Crippen LogP contribution is -2.14. The molecule has 1 rings (SSSR count). The van der Waals surface area contributed by atoms with Crippen molar-refractivity contribution in [1.29, 1.82) is 0 Å². The Morgan fingerprint density at radius 1 is 1.38 bits per heavy atom. The van der Waals surface area contributed by atoms with Gasteiger partial charge >= 0.3 is 0 Å². The van der Waals surface area contributed by atoms with E-state index >= 15 is 0 Å². The van der Waals surface area contributed by atoms with E-state index in [1.807, 2.05) is 38.3 Å². The van der Waals surface area contributed by atoms with Gasteiger partial charge in [0.1, 0.15) is 5.82 Å². The first kappa shape index (κ1) is 9.99. The van der Waals surface area contributed by atoms with Crippen LogP contribution in [0.1, 0.15) is 18.5 Å². The van der Waals surface area contributed by atoms with Crippen molar-refractivity contribution >= 4 is 5.82 Å². The lowest BCUT2D eigenvalue weighted by atomic mass is 10.1. The second-order valence-electron chi connectivity index (χ2n) is 3.35. The molecule has 0 aliphatic carbocycles. The van der Waals surface area contributed by atoms with Crippen LogP contribution in [-0.2, 0) is 0 Å². The number of anilines is 1. The van der Waals surface area contributed by atoms with E-state index in [0.717, 1.165) is 5.82 Å². The summed E-state index contributed by atoms with van der Waals surface area (Å²) in [7, 11) is 5.93. The first-order valence-corrected chi connectivity index (χ1v) is 4.45. The topological polar surface area (TPSA) is 28.2 Å². The van der Waals surface area contributed by atoms with Crippen LogP contribution in [0.4, 0.5) is 5.82 Å².